The average Bonchev–Trinajstić information content (AvgIpc) is 2.53. The summed E-state index contributed by atoms with van der Waals surface area (Å²) in [7, 11) is 0. The van der Waals surface area contributed by atoms with Crippen molar-refractivity contribution in [3.8, 4) is 0 Å². The van der Waals surface area contributed by atoms with E-state index in [1.807, 2.05) is 4.90 Å². The van der Waals surface area contributed by atoms with Gasteiger partial charge in [0.05, 0.1) is 23.6 Å². The molecule has 24 heavy (non-hydrogen) atoms. The second kappa shape index (κ2) is 8.02. The van der Waals surface area contributed by atoms with E-state index in [0.29, 0.717) is 51.6 Å². The number of ether oxygens (including phenoxy) is 1. The van der Waals surface area contributed by atoms with Gasteiger partial charge in [0.2, 0.25) is 0 Å². The molecule has 9 heteroatoms. The molecule has 134 valence electrons. The predicted octanol–water partition coefficient (Wildman–Crippen LogP) is 2.83. The van der Waals surface area contributed by atoms with Crippen molar-refractivity contribution in [1.29, 1.82) is 0 Å². The zero-order valence-corrected chi connectivity index (χ0v) is 14.0. The third-order valence-corrected chi connectivity index (χ3v) is 4.04. The van der Waals surface area contributed by atoms with Crippen molar-refractivity contribution in [2.45, 2.75) is 19.5 Å². The first kappa shape index (κ1) is 18.8. The highest BCUT2D eigenvalue weighted by molar-refractivity contribution is 6.33. The van der Waals surface area contributed by atoms with Crippen LogP contribution < -0.4 is 4.90 Å². The summed E-state index contributed by atoms with van der Waals surface area (Å²) in [5.41, 5.74) is -0.857. The summed E-state index contributed by atoms with van der Waals surface area (Å²) in [5, 5.41) is -0.00945. The summed E-state index contributed by atoms with van der Waals surface area (Å²) in [6, 6.07) is 0.900. The Bertz CT molecular complexity index is 576. The molecule has 2 heterocycles. The van der Waals surface area contributed by atoms with Crippen LogP contribution in [0, 0.1) is 0 Å². The van der Waals surface area contributed by atoms with E-state index in [1.54, 1.807) is 6.92 Å². The molecule has 0 amide bonds. The molecule has 1 fully saturated rings. The monoisotopic (exact) mass is 365 g/mol. The summed E-state index contributed by atoms with van der Waals surface area (Å²) >= 11 is 5.96. The summed E-state index contributed by atoms with van der Waals surface area (Å²) in [6.45, 7) is 5.25. The van der Waals surface area contributed by atoms with E-state index in [2.05, 4.69) is 9.88 Å². The number of rotatable bonds is 5. The Hall–Kier alpha value is -1.54. The molecule has 0 atom stereocenters. The lowest BCUT2D eigenvalue weighted by Crippen LogP contribution is -2.47. The number of alkyl halides is 3. The first-order valence-corrected chi connectivity index (χ1v) is 8.04. The predicted molar refractivity (Wildman–Crippen MR) is 84.2 cm³/mol. The van der Waals surface area contributed by atoms with Crippen LogP contribution >= 0.6 is 11.6 Å². The van der Waals surface area contributed by atoms with Crippen molar-refractivity contribution in [2.24, 2.45) is 0 Å². The zero-order valence-electron chi connectivity index (χ0n) is 13.3. The maximum atomic E-state index is 12.6. The van der Waals surface area contributed by atoms with Crippen molar-refractivity contribution in [1.82, 2.24) is 9.88 Å². The van der Waals surface area contributed by atoms with Gasteiger partial charge in [-0.25, -0.2) is 4.98 Å². The maximum absolute atomic E-state index is 12.6. The first-order chi connectivity index (χ1) is 11.3. The van der Waals surface area contributed by atoms with E-state index in [-0.39, 0.29) is 11.0 Å². The van der Waals surface area contributed by atoms with Gasteiger partial charge in [-0.1, -0.05) is 11.6 Å². The van der Waals surface area contributed by atoms with Crippen LogP contribution in [-0.2, 0) is 15.7 Å². The van der Waals surface area contributed by atoms with Crippen LogP contribution in [0.25, 0.3) is 0 Å². The minimum atomic E-state index is -4.46. The first-order valence-electron chi connectivity index (χ1n) is 7.67. The summed E-state index contributed by atoms with van der Waals surface area (Å²) in [6.07, 6.45) is -3.33. The van der Waals surface area contributed by atoms with Crippen LogP contribution in [0.4, 0.5) is 19.0 Å². The molecule has 0 N–H and O–H groups in total. The standard InChI is InChI=1S/C15H19ClF3N3O2/c1-2-24-13(23)3-4-21-5-7-22(8-6-21)14-12(16)9-11(10-20-14)15(17,18)19/h9-10H,2-8H2,1H3. The topological polar surface area (TPSA) is 45.7 Å². The lowest BCUT2D eigenvalue weighted by molar-refractivity contribution is -0.143. The van der Waals surface area contributed by atoms with Crippen LogP contribution in [-0.4, -0.2) is 55.2 Å². The highest BCUT2D eigenvalue weighted by atomic mass is 35.5. The normalized spacial score (nSPS) is 16.3. The fourth-order valence-corrected chi connectivity index (χ4v) is 2.77. The van der Waals surface area contributed by atoms with E-state index >= 15 is 0 Å². The van der Waals surface area contributed by atoms with Gasteiger partial charge in [0, 0.05) is 38.9 Å². The van der Waals surface area contributed by atoms with Crippen molar-refractivity contribution in [3.63, 3.8) is 0 Å². The molecule has 1 aromatic heterocycles. The molecule has 5 nitrogen and oxygen atoms in total. The van der Waals surface area contributed by atoms with E-state index in [1.165, 1.54) is 0 Å². The Balaban J connectivity index is 1.89. The van der Waals surface area contributed by atoms with E-state index in [9.17, 15) is 18.0 Å². The van der Waals surface area contributed by atoms with E-state index < -0.39 is 11.7 Å². The lowest BCUT2D eigenvalue weighted by atomic mass is 10.2. The summed E-state index contributed by atoms with van der Waals surface area (Å²) in [5.74, 6) is 0.127. The van der Waals surface area contributed by atoms with Crippen LogP contribution in [0.15, 0.2) is 12.3 Å². The van der Waals surface area contributed by atoms with Crippen molar-refractivity contribution in [2.75, 3.05) is 44.2 Å². The molecule has 1 aliphatic heterocycles. The van der Waals surface area contributed by atoms with Gasteiger partial charge >= 0.3 is 12.1 Å². The SMILES string of the molecule is CCOC(=O)CCN1CCN(c2ncc(C(F)(F)F)cc2Cl)CC1. The van der Waals surface area contributed by atoms with Crippen molar-refractivity contribution >= 4 is 23.4 Å². The molecule has 0 bridgehead atoms. The fraction of sp³-hybridized carbons (Fsp3) is 0.600. The molecule has 2 rings (SSSR count). The Kier molecular flexibility index (Phi) is 6.28. The Morgan fingerprint density at radius 3 is 2.54 bits per heavy atom. The van der Waals surface area contributed by atoms with Crippen LogP contribution in [0.2, 0.25) is 5.02 Å². The number of hydrogen-bond donors (Lipinski definition) is 0. The minimum absolute atomic E-state index is 0.00945. The molecule has 0 radical (unpaired) electrons. The minimum Gasteiger partial charge on any atom is -0.466 e. The molecule has 0 saturated carbocycles. The Morgan fingerprint density at radius 2 is 2.00 bits per heavy atom. The van der Waals surface area contributed by atoms with E-state index in [4.69, 9.17) is 16.3 Å². The van der Waals surface area contributed by atoms with Gasteiger partial charge in [-0.3, -0.25) is 9.69 Å². The third kappa shape index (κ3) is 4.98. The zero-order chi connectivity index (χ0) is 17.7. The highest BCUT2D eigenvalue weighted by Crippen LogP contribution is 2.33. The Morgan fingerprint density at radius 1 is 1.33 bits per heavy atom. The summed E-state index contributed by atoms with van der Waals surface area (Å²) < 4.78 is 42.8. The molecular weight excluding hydrogens is 347 g/mol. The Labute approximate surface area is 143 Å². The molecular formula is C15H19ClF3N3O2. The van der Waals surface area contributed by atoms with Gasteiger partial charge in [0.15, 0.2) is 0 Å². The number of nitrogens with zero attached hydrogens (tertiary/aromatic N) is 3. The van der Waals surface area contributed by atoms with E-state index in [0.717, 1.165) is 12.3 Å². The molecule has 1 aromatic rings. The largest absolute Gasteiger partial charge is 0.466 e. The fourth-order valence-electron chi connectivity index (χ4n) is 2.48. The molecule has 0 spiro atoms. The van der Waals surface area contributed by atoms with Gasteiger partial charge in [-0.15, -0.1) is 0 Å². The number of esters is 1. The number of carbonyl (C=O) groups is 1. The molecule has 1 saturated heterocycles. The van der Waals surface area contributed by atoms with Crippen molar-refractivity contribution < 1.29 is 22.7 Å². The number of halogens is 4. The van der Waals surface area contributed by atoms with Gasteiger partial charge in [0.1, 0.15) is 5.82 Å². The van der Waals surface area contributed by atoms with Gasteiger partial charge in [-0.05, 0) is 13.0 Å². The van der Waals surface area contributed by atoms with Gasteiger partial charge in [0.25, 0.3) is 0 Å². The number of aromatic nitrogens is 1. The second-order valence-electron chi connectivity index (χ2n) is 5.41. The lowest BCUT2D eigenvalue weighted by Gasteiger charge is -2.35. The molecule has 0 unspecified atom stereocenters. The van der Waals surface area contributed by atoms with Crippen LogP contribution in [0.3, 0.4) is 0 Å². The second-order valence-corrected chi connectivity index (χ2v) is 5.82. The number of pyridine rings is 1. The van der Waals surface area contributed by atoms with Crippen molar-refractivity contribution in [3.05, 3.63) is 22.8 Å². The van der Waals surface area contributed by atoms with Gasteiger partial charge in [-0.2, -0.15) is 13.2 Å². The maximum Gasteiger partial charge on any atom is 0.417 e. The van der Waals surface area contributed by atoms with Crippen LogP contribution in [0.5, 0.6) is 0 Å². The smallest absolute Gasteiger partial charge is 0.417 e. The average molecular weight is 366 g/mol. The quantitative estimate of drug-likeness (QED) is 0.751. The number of piperazine rings is 1. The molecule has 0 aromatic carbocycles. The molecule has 0 aliphatic carbocycles. The number of hydrogen-bond acceptors (Lipinski definition) is 5. The highest BCUT2D eigenvalue weighted by Gasteiger charge is 2.32. The van der Waals surface area contributed by atoms with Gasteiger partial charge < -0.3 is 9.64 Å². The van der Waals surface area contributed by atoms with Crippen LogP contribution in [0.1, 0.15) is 18.9 Å². The molecule has 1 aliphatic rings. The summed E-state index contributed by atoms with van der Waals surface area (Å²) in [4.78, 5) is 19.2. The number of carbonyl (C=O) groups excluding carboxylic acids is 1. The third-order valence-electron chi connectivity index (χ3n) is 3.76. The number of anilines is 1.